The zero-order chi connectivity index (χ0) is 24.0. The summed E-state index contributed by atoms with van der Waals surface area (Å²) in [4.78, 5) is 24.3. The summed E-state index contributed by atoms with van der Waals surface area (Å²) >= 11 is 0. The first-order chi connectivity index (χ1) is 17.0. The summed E-state index contributed by atoms with van der Waals surface area (Å²) in [5, 5.41) is 24.6. The smallest absolute Gasteiger partial charge is 0.303 e. The number of hydrogen-bond donors (Lipinski definition) is 2. The average Bonchev–Trinajstić information content (AvgIpc) is 3.62. The predicted octanol–water partition coefficient (Wildman–Crippen LogP) is 1.32. The molecule has 1 aromatic heterocycles. The van der Waals surface area contributed by atoms with Crippen LogP contribution < -0.4 is 14.8 Å². The first kappa shape index (κ1) is 22.2. The quantitative estimate of drug-likeness (QED) is 0.588. The van der Waals surface area contributed by atoms with Crippen molar-refractivity contribution in [2.75, 3.05) is 20.0 Å². The van der Waals surface area contributed by atoms with E-state index in [9.17, 15) is 14.7 Å². The molecule has 12 nitrogen and oxygen atoms in total. The number of hydrogen-bond acceptors (Lipinski definition) is 9. The Balaban J connectivity index is 1.14. The molecule has 2 N–H and O–H groups in total. The van der Waals surface area contributed by atoms with E-state index in [2.05, 4.69) is 20.8 Å². The summed E-state index contributed by atoms with van der Waals surface area (Å²) in [6.07, 6.45) is 3.01. The van der Waals surface area contributed by atoms with Crippen LogP contribution in [0.15, 0.2) is 18.2 Å². The van der Waals surface area contributed by atoms with Crippen molar-refractivity contribution in [3.05, 3.63) is 18.2 Å². The van der Waals surface area contributed by atoms with E-state index in [-0.39, 0.29) is 49.8 Å². The third-order valence-corrected chi connectivity index (χ3v) is 7.54. The molecule has 3 fully saturated rings. The van der Waals surface area contributed by atoms with Gasteiger partial charge in [-0.2, -0.15) is 0 Å². The van der Waals surface area contributed by atoms with Gasteiger partial charge in [-0.3, -0.25) is 9.59 Å². The largest absolute Gasteiger partial charge is 0.481 e. The summed E-state index contributed by atoms with van der Waals surface area (Å²) < 4.78 is 24.7. The van der Waals surface area contributed by atoms with Crippen molar-refractivity contribution in [3.8, 4) is 22.9 Å². The summed E-state index contributed by atoms with van der Waals surface area (Å²) in [5.74, 6) is 0.868. The van der Waals surface area contributed by atoms with Crippen LogP contribution in [0.2, 0.25) is 0 Å². The zero-order valence-electron chi connectivity index (χ0n) is 19.1. The molecule has 2 aromatic rings. The van der Waals surface area contributed by atoms with Gasteiger partial charge in [0.2, 0.25) is 12.7 Å². The Morgan fingerprint density at radius 3 is 2.71 bits per heavy atom. The minimum absolute atomic E-state index is 0.0220. The number of amides is 1. The van der Waals surface area contributed by atoms with Crippen molar-refractivity contribution in [2.24, 2.45) is 5.41 Å². The number of carbonyl (C=O) groups excluding carboxylic acids is 1. The van der Waals surface area contributed by atoms with Crippen LogP contribution in [0.3, 0.4) is 0 Å². The lowest BCUT2D eigenvalue weighted by atomic mass is 9.79. The Bertz CT molecular complexity index is 1130. The highest BCUT2D eigenvalue weighted by atomic mass is 16.7. The van der Waals surface area contributed by atoms with Crippen LogP contribution in [-0.4, -0.2) is 75.4 Å². The predicted molar refractivity (Wildman–Crippen MR) is 118 cm³/mol. The van der Waals surface area contributed by atoms with Crippen molar-refractivity contribution >= 4 is 11.9 Å². The SMILES string of the molecule is O=C(O)CC1(CC(=O)N[C@H]2CO[C@H]3[C@@H]2OC[C@@H]3n2nnnc2-c2ccc3c(c2)OCO3)CCCC1. The number of carboxylic acid groups (broad SMARTS) is 1. The molecule has 4 aliphatic rings. The Morgan fingerprint density at radius 2 is 1.89 bits per heavy atom. The summed E-state index contributed by atoms with van der Waals surface area (Å²) in [7, 11) is 0. The number of ether oxygens (including phenoxy) is 4. The molecule has 2 saturated heterocycles. The number of fused-ring (bicyclic) bond motifs is 2. The van der Waals surface area contributed by atoms with Gasteiger partial charge < -0.3 is 29.4 Å². The molecule has 4 heterocycles. The van der Waals surface area contributed by atoms with Crippen molar-refractivity contribution in [1.29, 1.82) is 0 Å². The minimum Gasteiger partial charge on any atom is -0.481 e. The van der Waals surface area contributed by atoms with E-state index in [1.807, 2.05) is 18.2 Å². The van der Waals surface area contributed by atoms with Gasteiger partial charge in [0, 0.05) is 12.0 Å². The molecule has 35 heavy (non-hydrogen) atoms. The number of nitrogens with zero attached hydrogens (tertiary/aromatic N) is 4. The molecule has 4 atom stereocenters. The molecule has 6 rings (SSSR count). The molecule has 1 aliphatic carbocycles. The monoisotopic (exact) mass is 485 g/mol. The molecule has 0 unspecified atom stereocenters. The van der Waals surface area contributed by atoms with Gasteiger partial charge in [-0.1, -0.05) is 12.8 Å². The maximum absolute atomic E-state index is 12.9. The molecule has 12 heteroatoms. The van der Waals surface area contributed by atoms with Crippen LogP contribution >= 0.6 is 0 Å². The molecule has 186 valence electrons. The minimum atomic E-state index is -0.856. The number of aromatic nitrogens is 4. The van der Waals surface area contributed by atoms with Gasteiger partial charge in [0.25, 0.3) is 0 Å². The first-order valence-corrected chi connectivity index (χ1v) is 11.9. The third kappa shape index (κ3) is 4.10. The molecule has 1 saturated carbocycles. The van der Waals surface area contributed by atoms with Crippen LogP contribution in [0.25, 0.3) is 11.4 Å². The van der Waals surface area contributed by atoms with Crippen LogP contribution in [0.5, 0.6) is 11.5 Å². The van der Waals surface area contributed by atoms with Crippen molar-refractivity contribution in [1.82, 2.24) is 25.5 Å². The Labute approximate surface area is 200 Å². The van der Waals surface area contributed by atoms with Crippen LogP contribution in [0.4, 0.5) is 0 Å². The van der Waals surface area contributed by atoms with Gasteiger partial charge in [-0.15, -0.1) is 5.10 Å². The number of tetrazole rings is 1. The van der Waals surface area contributed by atoms with Gasteiger partial charge >= 0.3 is 5.97 Å². The fourth-order valence-electron chi connectivity index (χ4n) is 5.92. The lowest BCUT2D eigenvalue weighted by molar-refractivity contribution is -0.140. The van der Waals surface area contributed by atoms with E-state index in [1.54, 1.807) is 4.68 Å². The Morgan fingerprint density at radius 1 is 1.09 bits per heavy atom. The maximum Gasteiger partial charge on any atom is 0.303 e. The van der Waals surface area contributed by atoms with Gasteiger partial charge in [-0.05, 0) is 46.9 Å². The molecule has 0 radical (unpaired) electrons. The van der Waals surface area contributed by atoms with Crippen molar-refractivity contribution in [2.45, 2.75) is 62.8 Å². The number of nitrogens with one attached hydrogen (secondary N) is 1. The lowest BCUT2D eigenvalue weighted by Crippen LogP contribution is -2.45. The second-order valence-electron chi connectivity index (χ2n) is 9.81. The van der Waals surface area contributed by atoms with Crippen LogP contribution in [0.1, 0.15) is 44.6 Å². The molecular formula is C23H27N5O7. The number of carbonyl (C=O) groups is 2. The first-order valence-electron chi connectivity index (χ1n) is 11.9. The molecule has 1 aromatic carbocycles. The number of rotatable bonds is 7. The summed E-state index contributed by atoms with van der Waals surface area (Å²) in [6, 6.07) is 4.96. The van der Waals surface area contributed by atoms with Crippen molar-refractivity contribution in [3.63, 3.8) is 0 Å². The third-order valence-electron chi connectivity index (χ3n) is 7.54. The van der Waals surface area contributed by atoms with Crippen LogP contribution in [0, 0.1) is 5.41 Å². The van der Waals surface area contributed by atoms with E-state index < -0.39 is 11.4 Å². The highest BCUT2D eigenvalue weighted by Crippen LogP contribution is 2.44. The molecule has 1 amide bonds. The van der Waals surface area contributed by atoms with Crippen molar-refractivity contribution < 1.29 is 33.6 Å². The number of aliphatic carboxylic acids is 1. The Hall–Kier alpha value is -3.25. The molecule has 3 aliphatic heterocycles. The lowest BCUT2D eigenvalue weighted by Gasteiger charge is -2.27. The molecular weight excluding hydrogens is 458 g/mol. The van der Waals surface area contributed by atoms with Gasteiger partial charge in [0.1, 0.15) is 18.2 Å². The van der Waals surface area contributed by atoms with E-state index in [0.29, 0.717) is 30.5 Å². The number of carboxylic acids is 1. The van der Waals surface area contributed by atoms with Gasteiger partial charge in [-0.25, -0.2) is 4.68 Å². The van der Waals surface area contributed by atoms with Gasteiger partial charge in [0.15, 0.2) is 17.3 Å². The fraction of sp³-hybridized carbons (Fsp3) is 0.609. The number of benzene rings is 1. The van der Waals surface area contributed by atoms with E-state index in [1.165, 1.54) is 0 Å². The summed E-state index contributed by atoms with van der Waals surface area (Å²) in [5.41, 5.74) is 0.325. The van der Waals surface area contributed by atoms with Crippen LogP contribution in [-0.2, 0) is 19.1 Å². The highest BCUT2D eigenvalue weighted by Gasteiger charge is 2.50. The summed E-state index contributed by atoms with van der Waals surface area (Å²) in [6.45, 7) is 0.834. The van der Waals surface area contributed by atoms with E-state index >= 15 is 0 Å². The second kappa shape index (κ2) is 8.76. The second-order valence-corrected chi connectivity index (χ2v) is 9.81. The average molecular weight is 485 g/mol. The Kier molecular flexibility index (Phi) is 5.56. The standard InChI is InChI=1S/C23H27N5O7/c29-18(8-23(9-19(30)31)5-1-2-6-23)24-14-10-32-21-15(11-33-20(14)21)28-22(25-26-27-28)13-3-4-16-17(7-13)35-12-34-16/h3-4,7,14-15,20-21H,1-2,5-6,8-12H2,(H,24,29)(H,30,31)/t14-,15-,20+,21+/m0/s1. The van der Waals surface area contributed by atoms with E-state index in [0.717, 1.165) is 31.2 Å². The van der Waals surface area contributed by atoms with Gasteiger partial charge in [0.05, 0.1) is 25.7 Å². The molecule has 0 spiro atoms. The zero-order valence-corrected chi connectivity index (χ0v) is 19.1. The normalized spacial score (nSPS) is 28.2. The fourth-order valence-corrected chi connectivity index (χ4v) is 5.92. The van der Waals surface area contributed by atoms with E-state index in [4.69, 9.17) is 18.9 Å². The topological polar surface area (TPSA) is 147 Å². The highest BCUT2D eigenvalue weighted by molar-refractivity contribution is 5.78. The molecule has 0 bridgehead atoms. The maximum atomic E-state index is 12.9.